The fourth-order valence-corrected chi connectivity index (χ4v) is 3.96. The quantitative estimate of drug-likeness (QED) is 0.719. The van der Waals surface area contributed by atoms with E-state index in [0.29, 0.717) is 12.1 Å². The van der Waals surface area contributed by atoms with Gasteiger partial charge in [-0.2, -0.15) is 0 Å². The summed E-state index contributed by atoms with van der Waals surface area (Å²) >= 11 is 0. The Hall–Kier alpha value is -2.38. The first-order chi connectivity index (χ1) is 13.4. The van der Waals surface area contributed by atoms with Crippen LogP contribution in [0.1, 0.15) is 16.8 Å². The maximum atomic E-state index is 12.2. The molecule has 0 spiro atoms. The highest BCUT2D eigenvalue weighted by atomic mass is 32.2. The van der Waals surface area contributed by atoms with Crippen molar-refractivity contribution in [3.63, 3.8) is 0 Å². The molecule has 6 nitrogen and oxygen atoms in total. The van der Waals surface area contributed by atoms with Crippen LogP contribution in [-0.4, -0.2) is 64.7 Å². The Labute approximate surface area is 167 Å². The summed E-state index contributed by atoms with van der Waals surface area (Å²) in [5, 5.41) is 2.91. The number of nitrogens with one attached hydrogen (secondary N) is 1. The summed E-state index contributed by atoms with van der Waals surface area (Å²) in [6.07, 6.45) is 2.04. The van der Waals surface area contributed by atoms with Gasteiger partial charge in [-0.05, 0) is 49.4 Å². The molecule has 1 amide bonds. The molecule has 1 heterocycles. The molecule has 0 aromatic heterocycles. The summed E-state index contributed by atoms with van der Waals surface area (Å²) < 4.78 is 22.9. The third-order valence-electron chi connectivity index (χ3n) is 4.97. The minimum Gasteiger partial charge on any atom is -0.369 e. The minimum absolute atomic E-state index is 0.172. The molecule has 0 radical (unpaired) electrons. The normalized spacial score (nSPS) is 15.4. The number of hydrogen-bond acceptors (Lipinski definition) is 5. The molecule has 1 aliphatic rings. The van der Waals surface area contributed by atoms with Crippen molar-refractivity contribution in [3.8, 4) is 0 Å². The van der Waals surface area contributed by atoms with Crippen molar-refractivity contribution in [2.75, 3.05) is 50.4 Å². The summed E-state index contributed by atoms with van der Waals surface area (Å²) in [7, 11) is -3.24. The number of piperazine rings is 1. The van der Waals surface area contributed by atoms with Gasteiger partial charge >= 0.3 is 0 Å². The van der Waals surface area contributed by atoms with Gasteiger partial charge in [0.25, 0.3) is 5.91 Å². The van der Waals surface area contributed by atoms with Gasteiger partial charge in [-0.25, -0.2) is 8.42 Å². The third kappa shape index (κ3) is 5.56. The maximum Gasteiger partial charge on any atom is 0.251 e. The second-order valence-electron chi connectivity index (χ2n) is 7.07. The van der Waals surface area contributed by atoms with Gasteiger partial charge in [-0.1, -0.05) is 18.2 Å². The molecule has 28 heavy (non-hydrogen) atoms. The number of sulfone groups is 1. The van der Waals surface area contributed by atoms with Crippen LogP contribution in [0.3, 0.4) is 0 Å². The van der Waals surface area contributed by atoms with E-state index in [-0.39, 0.29) is 10.8 Å². The predicted molar refractivity (Wildman–Crippen MR) is 112 cm³/mol. The summed E-state index contributed by atoms with van der Waals surface area (Å²) in [4.78, 5) is 17.2. The number of carbonyl (C=O) groups is 1. The van der Waals surface area contributed by atoms with Crippen LogP contribution in [0.5, 0.6) is 0 Å². The number of carbonyl (C=O) groups excluding carboxylic acids is 1. The first-order valence-electron chi connectivity index (χ1n) is 9.54. The highest BCUT2D eigenvalue weighted by molar-refractivity contribution is 7.90. The van der Waals surface area contributed by atoms with Crippen LogP contribution >= 0.6 is 0 Å². The van der Waals surface area contributed by atoms with Crippen molar-refractivity contribution in [2.45, 2.75) is 11.3 Å². The highest BCUT2D eigenvalue weighted by Gasteiger charge is 2.16. The molecule has 2 aromatic carbocycles. The van der Waals surface area contributed by atoms with Gasteiger partial charge in [0.05, 0.1) is 4.90 Å². The number of nitrogens with zero attached hydrogens (tertiary/aromatic N) is 2. The van der Waals surface area contributed by atoms with Gasteiger partial charge < -0.3 is 10.2 Å². The van der Waals surface area contributed by atoms with E-state index >= 15 is 0 Å². The van der Waals surface area contributed by atoms with Crippen molar-refractivity contribution >= 4 is 21.4 Å². The molecule has 150 valence electrons. The van der Waals surface area contributed by atoms with Crippen molar-refractivity contribution in [1.82, 2.24) is 10.2 Å². The van der Waals surface area contributed by atoms with E-state index in [4.69, 9.17) is 0 Å². The van der Waals surface area contributed by atoms with Crippen molar-refractivity contribution < 1.29 is 13.2 Å². The zero-order chi connectivity index (χ0) is 20.0. The lowest BCUT2D eigenvalue weighted by Crippen LogP contribution is -2.47. The fourth-order valence-electron chi connectivity index (χ4n) is 3.33. The molecule has 0 bridgehead atoms. The Morgan fingerprint density at radius 3 is 2.21 bits per heavy atom. The largest absolute Gasteiger partial charge is 0.369 e. The molecule has 1 N–H and O–H groups in total. The lowest BCUT2D eigenvalue weighted by molar-refractivity contribution is 0.0951. The van der Waals surface area contributed by atoms with Crippen LogP contribution < -0.4 is 10.2 Å². The first kappa shape index (κ1) is 20.4. The van der Waals surface area contributed by atoms with E-state index in [1.165, 1.54) is 17.8 Å². The second-order valence-corrected chi connectivity index (χ2v) is 9.09. The van der Waals surface area contributed by atoms with Gasteiger partial charge in [-0.15, -0.1) is 0 Å². The van der Waals surface area contributed by atoms with Crippen molar-refractivity contribution in [3.05, 3.63) is 60.2 Å². The zero-order valence-corrected chi connectivity index (χ0v) is 17.0. The molecule has 1 saturated heterocycles. The maximum absolute atomic E-state index is 12.2. The van der Waals surface area contributed by atoms with E-state index in [1.54, 1.807) is 12.1 Å². The van der Waals surface area contributed by atoms with Crippen LogP contribution in [0.15, 0.2) is 59.5 Å². The molecule has 3 rings (SSSR count). The van der Waals surface area contributed by atoms with Gasteiger partial charge in [-0.3, -0.25) is 9.69 Å². The highest BCUT2D eigenvalue weighted by Crippen LogP contribution is 2.15. The molecule has 2 aromatic rings. The summed E-state index contributed by atoms with van der Waals surface area (Å²) in [5.74, 6) is -0.172. The Kier molecular flexibility index (Phi) is 6.70. The third-order valence-corrected chi connectivity index (χ3v) is 6.10. The molecule has 1 aliphatic heterocycles. The number of hydrogen-bond donors (Lipinski definition) is 1. The zero-order valence-electron chi connectivity index (χ0n) is 16.2. The lowest BCUT2D eigenvalue weighted by atomic mass is 10.2. The van der Waals surface area contributed by atoms with Crippen molar-refractivity contribution in [2.24, 2.45) is 0 Å². The number of rotatable bonds is 7. The molecular formula is C21H27N3O3S. The molecule has 0 saturated carbocycles. The molecule has 0 atom stereocenters. The van der Waals surface area contributed by atoms with Crippen molar-refractivity contribution in [1.29, 1.82) is 0 Å². The van der Waals surface area contributed by atoms with E-state index < -0.39 is 9.84 Å². The van der Waals surface area contributed by atoms with E-state index in [0.717, 1.165) is 45.4 Å². The van der Waals surface area contributed by atoms with E-state index in [9.17, 15) is 13.2 Å². The molecule has 1 fully saturated rings. The Morgan fingerprint density at radius 2 is 1.61 bits per heavy atom. The minimum atomic E-state index is -3.24. The van der Waals surface area contributed by atoms with Gasteiger partial charge in [0, 0.05) is 50.2 Å². The van der Waals surface area contributed by atoms with E-state index in [1.807, 2.05) is 6.07 Å². The van der Waals surface area contributed by atoms with E-state index in [2.05, 4.69) is 39.4 Å². The average molecular weight is 402 g/mol. The Balaban J connectivity index is 1.36. The van der Waals surface area contributed by atoms with Crippen LogP contribution in [-0.2, 0) is 9.84 Å². The van der Waals surface area contributed by atoms with Crippen LogP contribution in [0, 0.1) is 0 Å². The van der Waals surface area contributed by atoms with Gasteiger partial charge in [0.2, 0.25) is 0 Å². The van der Waals surface area contributed by atoms with Gasteiger partial charge in [0.15, 0.2) is 9.84 Å². The molecule has 0 aliphatic carbocycles. The van der Waals surface area contributed by atoms with Gasteiger partial charge in [0.1, 0.15) is 0 Å². The topological polar surface area (TPSA) is 69.7 Å². The lowest BCUT2D eigenvalue weighted by Gasteiger charge is -2.36. The number of anilines is 1. The smallest absolute Gasteiger partial charge is 0.251 e. The van der Waals surface area contributed by atoms with Crippen LogP contribution in [0.25, 0.3) is 0 Å². The molecule has 0 unspecified atom stereocenters. The SMILES string of the molecule is CS(=O)(=O)c1ccc(C(=O)NCCCN2CCN(c3ccccc3)CC2)cc1. The molecular weight excluding hydrogens is 374 g/mol. The van der Waals surface area contributed by atoms with Crippen LogP contribution in [0.4, 0.5) is 5.69 Å². The summed E-state index contributed by atoms with van der Waals surface area (Å²) in [5.41, 5.74) is 1.75. The fraction of sp³-hybridized carbons (Fsp3) is 0.381. The number of amides is 1. The Bertz CT molecular complexity index is 875. The molecule has 7 heteroatoms. The Morgan fingerprint density at radius 1 is 0.964 bits per heavy atom. The second kappa shape index (κ2) is 9.21. The summed E-state index contributed by atoms with van der Waals surface area (Å²) in [6.45, 7) is 5.64. The average Bonchev–Trinajstić information content (AvgIpc) is 2.71. The number of para-hydroxylation sites is 1. The first-order valence-corrected chi connectivity index (χ1v) is 11.4. The standard InChI is InChI=1S/C21H27N3O3S/c1-28(26,27)20-10-8-18(9-11-20)21(25)22-12-5-13-23-14-16-24(17-15-23)19-6-3-2-4-7-19/h2-4,6-11H,5,12-17H2,1H3,(H,22,25). The monoisotopic (exact) mass is 401 g/mol. The number of benzene rings is 2. The van der Waals surface area contributed by atoms with Crippen LogP contribution in [0.2, 0.25) is 0 Å². The summed E-state index contributed by atoms with van der Waals surface area (Å²) in [6, 6.07) is 16.5. The predicted octanol–water partition coefficient (Wildman–Crippen LogP) is 2.03.